The van der Waals surface area contributed by atoms with Gasteiger partial charge in [0.2, 0.25) is 0 Å². The second-order valence-corrected chi connectivity index (χ2v) is 5.71. The van der Waals surface area contributed by atoms with Crippen LogP contribution in [0.3, 0.4) is 0 Å². The molecule has 1 saturated heterocycles. The average molecular weight is 335 g/mol. The van der Waals surface area contributed by atoms with Crippen LogP contribution in [0.5, 0.6) is 11.5 Å². The first kappa shape index (κ1) is 18.1. The minimum Gasteiger partial charge on any atom is -0.493 e. The number of carbonyl (C=O) groups excluding carboxylic acids is 2. The van der Waals surface area contributed by atoms with E-state index in [1.165, 1.54) is 7.11 Å². The Morgan fingerprint density at radius 3 is 2.75 bits per heavy atom. The molecular weight excluding hydrogens is 310 g/mol. The molecule has 1 aromatic rings. The lowest BCUT2D eigenvalue weighted by Crippen LogP contribution is -2.46. The number of amides is 2. The quantitative estimate of drug-likeness (QED) is 0.798. The Morgan fingerprint density at radius 1 is 1.29 bits per heavy atom. The SMILES string of the molecule is CNC(=O)COc1ccc(C(=O)N2CCC[C@H](NC)C2)cc1OC. The van der Waals surface area contributed by atoms with Gasteiger partial charge in [-0.3, -0.25) is 9.59 Å². The van der Waals surface area contributed by atoms with Gasteiger partial charge in [0.1, 0.15) is 0 Å². The Labute approximate surface area is 142 Å². The molecule has 2 amide bonds. The van der Waals surface area contributed by atoms with Crippen LogP contribution in [0.15, 0.2) is 18.2 Å². The van der Waals surface area contributed by atoms with E-state index in [-0.39, 0.29) is 18.4 Å². The number of methoxy groups -OCH3 is 1. The molecule has 132 valence electrons. The van der Waals surface area contributed by atoms with Crippen LogP contribution < -0.4 is 20.1 Å². The fourth-order valence-corrected chi connectivity index (χ4v) is 2.72. The van der Waals surface area contributed by atoms with Gasteiger partial charge in [-0.05, 0) is 38.1 Å². The molecule has 1 aliphatic heterocycles. The lowest BCUT2D eigenvalue weighted by atomic mass is 10.0. The molecule has 1 aliphatic rings. The van der Waals surface area contributed by atoms with E-state index in [0.29, 0.717) is 29.6 Å². The molecule has 0 aromatic heterocycles. The Kier molecular flexibility index (Phi) is 6.43. The third kappa shape index (κ3) is 4.38. The van der Waals surface area contributed by atoms with E-state index in [9.17, 15) is 9.59 Å². The molecule has 7 nitrogen and oxygen atoms in total. The topological polar surface area (TPSA) is 79.9 Å². The van der Waals surface area contributed by atoms with Crippen LogP contribution in [0, 0.1) is 0 Å². The number of hydrogen-bond acceptors (Lipinski definition) is 5. The van der Waals surface area contributed by atoms with Crippen molar-refractivity contribution in [3.63, 3.8) is 0 Å². The number of piperidine rings is 1. The first-order chi connectivity index (χ1) is 11.6. The summed E-state index contributed by atoms with van der Waals surface area (Å²) in [4.78, 5) is 25.8. The van der Waals surface area contributed by atoms with Gasteiger partial charge in [-0.25, -0.2) is 0 Å². The van der Waals surface area contributed by atoms with Gasteiger partial charge in [0.25, 0.3) is 11.8 Å². The summed E-state index contributed by atoms with van der Waals surface area (Å²) in [6.45, 7) is 1.36. The van der Waals surface area contributed by atoms with Crippen LogP contribution in [0.25, 0.3) is 0 Å². The number of nitrogens with one attached hydrogen (secondary N) is 2. The maximum atomic E-state index is 12.7. The van der Waals surface area contributed by atoms with Crippen molar-refractivity contribution in [2.24, 2.45) is 0 Å². The zero-order chi connectivity index (χ0) is 17.5. The van der Waals surface area contributed by atoms with Crippen molar-refractivity contribution >= 4 is 11.8 Å². The number of ether oxygens (including phenoxy) is 2. The highest BCUT2D eigenvalue weighted by Crippen LogP contribution is 2.29. The van der Waals surface area contributed by atoms with E-state index in [1.807, 2.05) is 11.9 Å². The highest BCUT2D eigenvalue weighted by atomic mass is 16.5. The summed E-state index contributed by atoms with van der Waals surface area (Å²) >= 11 is 0. The summed E-state index contributed by atoms with van der Waals surface area (Å²) in [7, 11) is 4.97. The van der Waals surface area contributed by atoms with E-state index in [2.05, 4.69) is 10.6 Å². The summed E-state index contributed by atoms with van der Waals surface area (Å²) in [6, 6.07) is 5.35. The van der Waals surface area contributed by atoms with Gasteiger partial charge >= 0.3 is 0 Å². The standard InChI is InChI=1S/C17H25N3O4/c1-18-13-5-4-8-20(10-13)17(22)12-6-7-14(15(9-12)23-3)24-11-16(21)19-2/h6-7,9,13,18H,4-5,8,10-11H2,1-3H3,(H,19,21)/t13-/m0/s1. The van der Waals surface area contributed by atoms with Crippen molar-refractivity contribution < 1.29 is 19.1 Å². The lowest BCUT2D eigenvalue weighted by Gasteiger charge is -2.32. The van der Waals surface area contributed by atoms with Crippen molar-refractivity contribution in [2.45, 2.75) is 18.9 Å². The summed E-state index contributed by atoms with van der Waals surface area (Å²) in [5, 5.41) is 5.71. The molecule has 1 aromatic carbocycles. The number of carbonyl (C=O) groups is 2. The number of nitrogens with zero attached hydrogens (tertiary/aromatic N) is 1. The van der Waals surface area contributed by atoms with Gasteiger partial charge in [-0.15, -0.1) is 0 Å². The molecule has 1 heterocycles. The smallest absolute Gasteiger partial charge is 0.257 e. The highest BCUT2D eigenvalue weighted by molar-refractivity contribution is 5.95. The molecule has 1 atom stereocenters. The van der Waals surface area contributed by atoms with Crippen molar-refractivity contribution in [2.75, 3.05) is 40.9 Å². The van der Waals surface area contributed by atoms with Gasteiger partial charge in [0, 0.05) is 31.7 Å². The third-order valence-electron chi connectivity index (χ3n) is 4.17. The minimum absolute atomic E-state index is 0.0221. The van der Waals surface area contributed by atoms with Gasteiger partial charge in [-0.1, -0.05) is 0 Å². The zero-order valence-corrected chi connectivity index (χ0v) is 14.4. The second kappa shape index (κ2) is 8.54. The predicted molar refractivity (Wildman–Crippen MR) is 90.5 cm³/mol. The van der Waals surface area contributed by atoms with E-state index in [1.54, 1.807) is 25.2 Å². The van der Waals surface area contributed by atoms with Crippen LogP contribution in [0.4, 0.5) is 0 Å². The molecule has 2 rings (SSSR count). The molecule has 0 saturated carbocycles. The minimum atomic E-state index is -0.233. The second-order valence-electron chi connectivity index (χ2n) is 5.71. The third-order valence-corrected chi connectivity index (χ3v) is 4.17. The van der Waals surface area contributed by atoms with E-state index in [0.717, 1.165) is 19.4 Å². The first-order valence-electron chi connectivity index (χ1n) is 8.07. The van der Waals surface area contributed by atoms with Crippen molar-refractivity contribution in [3.05, 3.63) is 23.8 Å². The summed E-state index contributed by atoms with van der Waals surface area (Å²) in [5.41, 5.74) is 0.552. The normalized spacial score (nSPS) is 17.3. The Bertz CT molecular complexity index is 591. The maximum absolute atomic E-state index is 12.7. The van der Waals surface area contributed by atoms with E-state index < -0.39 is 0 Å². The average Bonchev–Trinajstić information content (AvgIpc) is 2.65. The van der Waals surface area contributed by atoms with Crippen LogP contribution >= 0.6 is 0 Å². The largest absolute Gasteiger partial charge is 0.493 e. The summed E-state index contributed by atoms with van der Waals surface area (Å²) in [5.74, 6) is 0.617. The molecule has 0 aliphatic carbocycles. The van der Waals surface area contributed by atoms with Gasteiger partial charge in [0.15, 0.2) is 18.1 Å². The Hall–Kier alpha value is -2.28. The number of hydrogen-bond donors (Lipinski definition) is 2. The van der Waals surface area contributed by atoms with Crippen molar-refractivity contribution in [3.8, 4) is 11.5 Å². The molecule has 7 heteroatoms. The number of benzene rings is 1. The van der Waals surface area contributed by atoms with Crippen molar-refractivity contribution in [1.29, 1.82) is 0 Å². The molecule has 0 bridgehead atoms. The molecule has 24 heavy (non-hydrogen) atoms. The van der Waals surface area contributed by atoms with Crippen molar-refractivity contribution in [1.82, 2.24) is 15.5 Å². The zero-order valence-electron chi connectivity index (χ0n) is 14.4. The number of rotatable bonds is 6. The summed E-state index contributed by atoms with van der Waals surface area (Å²) in [6.07, 6.45) is 2.07. The van der Waals surface area contributed by atoms with Gasteiger partial charge < -0.3 is 25.0 Å². The molecule has 0 radical (unpaired) electrons. The fourth-order valence-electron chi connectivity index (χ4n) is 2.72. The van der Waals surface area contributed by atoms with Gasteiger partial charge in [0.05, 0.1) is 7.11 Å². The molecule has 1 fully saturated rings. The first-order valence-corrected chi connectivity index (χ1v) is 8.07. The molecule has 0 spiro atoms. The van der Waals surface area contributed by atoms with Gasteiger partial charge in [-0.2, -0.15) is 0 Å². The van der Waals surface area contributed by atoms with Crippen LogP contribution in [-0.2, 0) is 4.79 Å². The van der Waals surface area contributed by atoms with Crippen LogP contribution in [0.1, 0.15) is 23.2 Å². The Morgan fingerprint density at radius 2 is 2.08 bits per heavy atom. The van der Waals surface area contributed by atoms with E-state index >= 15 is 0 Å². The molecular formula is C17H25N3O4. The fraction of sp³-hybridized carbons (Fsp3) is 0.529. The summed E-state index contributed by atoms with van der Waals surface area (Å²) < 4.78 is 10.7. The highest BCUT2D eigenvalue weighted by Gasteiger charge is 2.24. The number of likely N-dealkylation sites (tertiary alicyclic amines) is 1. The molecule has 2 N–H and O–H groups in total. The van der Waals surface area contributed by atoms with E-state index in [4.69, 9.17) is 9.47 Å². The molecule has 0 unspecified atom stereocenters. The van der Waals surface area contributed by atoms with Crippen LogP contribution in [0.2, 0.25) is 0 Å². The predicted octanol–water partition coefficient (Wildman–Crippen LogP) is 0.644. The monoisotopic (exact) mass is 335 g/mol. The number of likely N-dealkylation sites (N-methyl/N-ethyl adjacent to an activating group) is 2. The lowest BCUT2D eigenvalue weighted by molar-refractivity contribution is -0.122. The maximum Gasteiger partial charge on any atom is 0.257 e. The van der Waals surface area contributed by atoms with Crippen LogP contribution in [-0.4, -0.2) is 63.7 Å². The Balaban J connectivity index is 2.10.